The third-order valence-electron chi connectivity index (χ3n) is 3.31. The number of hydrogen-bond donors (Lipinski definition) is 1. The maximum atomic E-state index is 13.8. The molecule has 0 saturated carbocycles. The smallest absolute Gasteiger partial charge is 0.130 e. The van der Waals surface area contributed by atoms with E-state index in [-0.39, 0.29) is 6.04 Å². The summed E-state index contributed by atoms with van der Waals surface area (Å²) in [5.74, 6) is -0.454. The molecule has 0 heterocycles. The molecule has 0 spiro atoms. The normalized spacial score (nSPS) is 14.5. The van der Waals surface area contributed by atoms with E-state index in [0.29, 0.717) is 11.5 Å². The van der Waals surface area contributed by atoms with Gasteiger partial charge in [0.2, 0.25) is 0 Å². The molecule has 2 unspecified atom stereocenters. The molecule has 18 heavy (non-hydrogen) atoms. The van der Waals surface area contributed by atoms with Gasteiger partial charge in [0.25, 0.3) is 0 Å². The lowest BCUT2D eigenvalue weighted by Gasteiger charge is -2.22. The SMILES string of the molecule is CCCNC(CC(C)CC)c1ccc(F)cc1F. The minimum Gasteiger partial charge on any atom is -0.310 e. The molecule has 0 aliphatic carbocycles. The molecule has 0 aliphatic heterocycles. The molecular formula is C15H23F2N. The van der Waals surface area contributed by atoms with Gasteiger partial charge >= 0.3 is 0 Å². The van der Waals surface area contributed by atoms with Crippen LogP contribution in [0.2, 0.25) is 0 Å². The fraction of sp³-hybridized carbons (Fsp3) is 0.600. The highest BCUT2D eigenvalue weighted by Gasteiger charge is 2.17. The molecule has 0 fully saturated rings. The Kier molecular flexibility index (Phi) is 6.27. The molecule has 102 valence electrons. The van der Waals surface area contributed by atoms with Gasteiger partial charge in [-0.15, -0.1) is 0 Å². The fourth-order valence-corrected chi connectivity index (χ4v) is 1.99. The zero-order valence-corrected chi connectivity index (χ0v) is 11.5. The van der Waals surface area contributed by atoms with Gasteiger partial charge in [-0.2, -0.15) is 0 Å². The first-order valence-corrected chi connectivity index (χ1v) is 6.76. The summed E-state index contributed by atoms with van der Waals surface area (Å²) in [5.41, 5.74) is 0.574. The van der Waals surface area contributed by atoms with Crippen molar-refractivity contribution >= 4 is 0 Å². The van der Waals surface area contributed by atoms with Crippen LogP contribution in [0, 0.1) is 17.6 Å². The lowest BCUT2D eigenvalue weighted by Crippen LogP contribution is -2.25. The number of benzene rings is 1. The quantitative estimate of drug-likeness (QED) is 0.759. The molecular weight excluding hydrogens is 232 g/mol. The van der Waals surface area contributed by atoms with Gasteiger partial charge in [-0.3, -0.25) is 0 Å². The Balaban J connectivity index is 2.86. The second kappa shape index (κ2) is 7.47. The fourth-order valence-electron chi connectivity index (χ4n) is 1.99. The van der Waals surface area contributed by atoms with E-state index in [2.05, 4.69) is 26.1 Å². The summed E-state index contributed by atoms with van der Waals surface area (Å²) in [5, 5.41) is 3.35. The molecule has 1 rings (SSSR count). The van der Waals surface area contributed by atoms with E-state index in [4.69, 9.17) is 0 Å². The van der Waals surface area contributed by atoms with Crippen molar-refractivity contribution in [3.63, 3.8) is 0 Å². The van der Waals surface area contributed by atoms with Crippen LogP contribution in [-0.2, 0) is 0 Å². The average Bonchev–Trinajstić information content (AvgIpc) is 2.34. The van der Waals surface area contributed by atoms with Crippen LogP contribution in [0.5, 0.6) is 0 Å². The molecule has 1 nitrogen and oxygen atoms in total. The van der Waals surface area contributed by atoms with Crippen LogP contribution < -0.4 is 5.32 Å². The average molecular weight is 255 g/mol. The topological polar surface area (TPSA) is 12.0 Å². The van der Waals surface area contributed by atoms with E-state index in [9.17, 15) is 8.78 Å². The van der Waals surface area contributed by atoms with Crippen LogP contribution in [0.25, 0.3) is 0 Å². The predicted molar refractivity (Wildman–Crippen MR) is 71.5 cm³/mol. The van der Waals surface area contributed by atoms with E-state index < -0.39 is 11.6 Å². The highest BCUT2D eigenvalue weighted by atomic mass is 19.1. The summed E-state index contributed by atoms with van der Waals surface area (Å²) >= 11 is 0. The van der Waals surface area contributed by atoms with Crippen molar-refractivity contribution in [2.45, 2.75) is 46.1 Å². The first kappa shape index (κ1) is 15.1. The number of rotatable bonds is 7. The molecule has 0 radical (unpaired) electrons. The van der Waals surface area contributed by atoms with Crippen molar-refractivity contribution in [2.24, 2.45) is 5.92 Å². The van der Waals surface area contributed by atoms with Crippen molar-refractivity contribution in [1.82, 2.24) is 5.32 Å². The molecule has 0 aromatic heterocycles. The molecule has 0 amide bonds. The maximum absolute atomic E-state index is 13.8. The summed E-state index contributed by atoms with van der Waals surface area (Å²) in [6, 6.07) is 3.82. The van der Waals surface area contributed by atoms with E-state index >= 15 is 0 Å². The van der Waals surface area contributed by atoms with Crippen LogP contribution in [-0.4, -0.2) is 6.54 Å². The van der Waals surface area contributed by atoms with E-state index in [1.54, 1.807) is 6.07 Å². The predicted octanol–water partition coefficient (Wildman–Crippen LogP) is 4.44. The molecule has 0 bridgehead atoms. The van der Waals surface area contributed by atoms with Crippen LogP contribution in [0.1, 0.15) is 51.6 Å². The second-order valence-electron chi connectivity index (χ2n) is 4.92. The Bertz CT molecular complexity index is 366. The molecule has 1 aromatic carbocycles. The molecule has 0 saturated heterocycles. The minimum absolute atomic E-state index is 0.0273. The lowest BCUT2D eigenvalue weighted by molar-refractivity contribution is 0.391. The number of nitrogens with one attached hydrogen (secondary N) is 1. The van der Waals surface area contributed by atoms with Gasteiger partial charge in [-0.1, -0.05) is 33.3 Å². The van der Waals surface area contributed by atoms with E-state index in [1.165, 1.54) is 6.07 Å². The molecule has 3 heteroatoms. The highest BCUT2D eigenvalue weighted by Crippen LogP contribution is 2.25. The summed E-state index contributed by atoms with van der Waals surface area (Å²) < 4.78 is 26.7. The van der Waals surface area contributed by atoms with Crippen molar-refractivity contribution in [3.8, 4) is 0 Å². The van der Waals surface area contributed by atoms with Crippen molar-refractivity contribution in [3.05, 3.63) is 35.4 Å². The summed E-state index contributed by atoms with van der Waals surface area (Å²) in [6.45, 7) is 7.21. The Hall–Kier alpha value is -0.960. The minimum atomic E-state index is -0.519. The largest absolute Gasteiger partial charge is 0.310 e. The van der Waals surface area contributed by atoms with Gasteiger partial charge in [0.15, 0.2) is 0 Å². The van der Waals surface area contributed by atoms with Crippen molar-refractivity contribution in [2.75, 3.05) is 6.54 Å². The van der Waals surface area contributed by atoms with Gasteiger partial charge < -0.3 is 5.32 Å². The van der Waals surface area contributed by atoms with Crippen LogP contribution in [0.4, 0.5) is 8.78 Å². The number of hydrogen-bond acceptors (Lipinski definition) is 1. The van der Waals surface area contributed by atoms with E-state index in [0.717, 1.165) is 31.9 Å². The van der Waals surface area contributed by atoms with Gasteiger partial charge in [0.05, 0.1) is 0 Å². The summed E-state index contributed by atoms with van der Waals surface area (Å²) in [4.78, 5) is 0. The zero-order valence-electron chi connectivity index (χ0n) is 11.5. The van der Waals surface area contributed by atoms with Crippen molar-refractivity contribution in [1.29, 1.82) is 0 Å². The van der Waals surface area contributed by atoms with Crippen molar-refractivity contribution < 1.29 is 8.78 Å². The Morgan fingerprint density at radius 1 is 1.22 bits per heavy atom. The number of halogens is 2. The van der Waals surface area contributed by atoms with Gasteiger partial charge in [0, 0.05) is 17.7 Å². The molecule has 1 N–H and O–H groups in total. The van der Waals surface area contributed by atoms with Crippen LogP contribution >= 0.6 is 0 Å². The third kappa shape index (κ3) is 4.37. The third-order valence-corrected chi connectivity index (χ3v) is 3.31. The monoisotopic (exact) mass is 255 g/mol. The maximum Gasteiger partial charge on any atom is 0.130 e. The van der Waals surface area contributed by atoms with E-state index in [1.807, 2.05) is 0 Å². The molecule has 1 aromatic rings. The van der Waals surface area contributed by atoms with Crippen LogP contribution in [0.3, 0.4) is 0 Å². The van der Waals surface area contributed by atoms with Gasteiger partial charge in [0.1, 0.15) is 11.6 Å². The molecule has 0 aliphatic rings. The first-order valence-electron chi connectivity index (χ1n) is 6.76. The van der Waals surface area contributed by atoms with Gasteiger partial charge in [-0.05, 0) is 31.4 Å². The van der Waals surface area contributed by atoms with Gasteiger partial charge in [-0.25, -0.2) is 8.78 Å². The zero-order chi connectivity index (χ0) is 13.5. The first-order chi connectivity index (χ1) is 8.58. The Morgan fingerprint density at radius 2 is 1.94 bits per heavy atom. The summed E-state index contributed by atoms with van der Waals surface area (Å²) in [6.07, 6.45) is 2.94. The second-order valence-corrected chi connectivity index (χ2v) is 4.92. The standard InChI is InChI=1S/C15H23F2N/c1-4-8-18-15(9-11(3)5-2)13-7-6-12(16)10-14(13)17/h6-7,10-11,15,18H,4-5,8-9H2,1-3H3. The summed E-state index contributed by atoms with van der Waals surface area (Å²) in [7, 11) is 0. The van der Waals surface area contributed by atoms with Crippen LogP contribution in [0.15, 0.2) is 18.2 Å². The Labute approximate surface area is 109 Å². The Morgan fingerprint density at radius 3 is 2.50 bits per heavy atom. The lowest BCUT2D eigenvalue weighted by atomic mass is 9.94. The highest BCUT2D eigenvalue weighted by molar-refractivity contribution is 5.22. The molecule has 2 atom stereocenters.